The molecule has 6 nitrogen and oxygen atoms in total. The highest BCUT2D eigenvalue weighted by molar-refractivity contribution is 6.31. The predicted octanol–water partition coefficient (Wildman–Crippen LogP) is 4.57. The van der Waals surface area contributed by atoms with Gasteiger partial charge in [0.2, 0.25) is 5.91 Å². The second kappa shape index (κ2) is 12.3. The molecule has 1 aromatic heterocycles. The number of esters is 1. The van der Waals surface area contributed by atoms with Gasteiger partial charge < -0.3 is 15.4 Å². The molecule has 0 aliphatic carbocycles. The third kappa shape index (κ3) is 7.89. The van der Waals surface area contributed by atoms with Crippen molar-refractivity contribution in [2.45, 2.75) is 46.0 Å². The zero-order valence-corrected chi connectivity index (χ0v) is 17.9. The lowest BCUT2D eigenvalue weighted by Crippen LogP contribution is -2.26. The highest BCUT2D eigenvalue weighted by atomic mass is 35.5. The Labute approximate surface area is 177 Å². The predicted molar refractivity (Wildman–Crippen MR) is 117 cm³/mol. The number of carbonyl (C=O) groups is 2. The molecule has 0 unspecified atom stereocenters. The van der Waals surface area contributed by atoms with Gasteiger partial charge >= 0.3 is 5.97 Å². The van der Waals surface area contributed by atoms with Crippen molar-refractivity contribution >= 4 is 40.1 Å². The van der Waals surface area contributed by atoms with E-state index in [-0.39, 0.29) is 24.7 Å². The normalized spacial score (nSPS) is 10.9. The Bertz CT molecular complexity index is 809. The third-order valence-corrected chi connectivity index (χ3v) is 5.12. The summed E-state index contributed by atoms with van der Waals surface area (Å²) in [6.07, 6.45) is 4.76. The molecule has 1 aromatic carbocycles. The van der Waals surface area contributed by atoms with Crippen molar-refractivity contribution in [2.24, 2.45) is 5.92 Å². The number of ether oxygens (including phenoxy) is 1. The van der Waals surface area contributed by atoms with Crippen LogP contribution in [0.25, 0.3) is 10.9 Å². The number of nitrogens with one attached hydrogen (secondary N) is 2. The molecule has 0 bridgehead atoms. The number of halogens is 1. The number of fused-ring (bicyclic) bond motifs is 1. The van der Waals surface area contributed by atoms with Crippen molar-refractivity contribution in [3.63, 3.8) is 0 Å². The number of carbonyl (C=O) groups excluding carboxylic acids is 2. The molecule has 1 amide bonds. The number of hydrogen-bond acceptors (Lipinski definition) is 5. The molecule has 2 N–H and O–H groups in total. The summed E-state index contributed by atoms with van der Waals surface area (Å²) in [5, 5.41) is 7.86. The maximum absolute atomic E-state index is 11.9. The van der Waals surface area contributed by atoms with Crippen LogP contribution in [0.3, 0.4) is 0 Å². The van der Waals surface area contributed by atoms with Crippen LogP contribution in [0.1, 0.15) is 46.0 Å². The van der Waals surface area contributed by atoms with Gasteiger partial charge in [0.15, 0.2) is 0 Å². The number of anilines is 1. The Morgan fingerprint density at radius 3 is 2.69 bits per heavy atom. The number of nitrogens with zero attached hydrogens (tertiary/aromatic N) is 1. The van der Waals surface area contributed by atoms with Gasteiger partial charge in [0.05, 0.1) is 18.5 Å². The van der Waals surface area contributed by atoms with Crippen LogP contribution in [0, 0.1) is 5.92 Å². The number of hydrogen-bond donors (Lipinski definition) is 2. The minimum absolute atomic E-state index is 0.121. The maximum atomic E-state index is 11.9. The second-order valence-corrected chi connectivity index (χ2v) is 7.45. The molecule has 0 atom stereocenters. The van der Waals surface area contributed by atoms with Gasteiger partial charge in [0, 0.05) is 41.8 Å². The van der Waals surface area contributed by atoms with Crippen molar-refractivity contribution in [3.05, 3.63) is 35.5 Å². The van der Waals surface area contributed by atoms with Gasteiger partial charge in [-0.15, -0.1) is 0 Å². The van der Waals surface area contributed by atoms with E-state index >= 15 is 0 Å². The van der Waals surface area contributed by atoms with E-state index in [2.05, 4.69) is 29.5 Å². The Hall–Kier alpha value is -2.34. The van der Waals surface area contributed by atoms with Gasteiger partial charge in [-0.05, 0) is 36.6 Å². The number of benzene rings is 1. The number of rotatable bonds is 12. The molecule has 0 radical (unpaired) electrons. The summed E-state index contributed by atoms with van der Waals surface area (Å²) in [6.45, 7) is 5.85. The lowest BCUT2D eigenvalue weighted by atomic mass is 10.1. The summed E-state index contributed by atoms with van der Waals surface area (Å²) in [5.74, 6) is -0.0401. The average molecular weight is 420 g/mol. The molecule has 2 aromatic rings. The summed E-state index contributed by atoms with van der Waals surface area (Å²) < 4.78 is 5.23. The van der Waals surface area contributed by atoms with Crippen molar-refractivity contribution < 1.29 is 14.3 Å². The van der Waals surface area contributed by atoms with Crippen LogP contribution in [0.15, 0.2) is 30.5 Å². The molecular formula is C22H30ClN3O3. The number of amides is 1. The van der Waals surface area contributed by atoms with Crippen LogP contribution < -0.4 is 10.6 Å². The molecule has 0 aliphatic heterocycles. The maximum Gasteiger partial charge on any atom is 0.306 e. The van der Waals surface area contributed by atoms with Crippen LogP contribution in [0.2, 0.25) is 5.02 Å². The summed E-state index contributed by atoms with van der Waals surface area (Å²) >= 11 is 6.01. The Morgan fingerprint density at radius 2 is 1.93 bits per heavy atom. The molecule has 0 fully saturated rings. The lowest BCUT2D eigenvalue weighted by molar-refractivity contribution is -0.146. The number of pyridine rings is 1. The zero-order chi connectivity index (χ0) is 21.1. The molecule has 7 heteroatoms. The minimum Gasteiger partial charge on any atom is -0.465 e. The molecule has 29 heavy (non-hydrogen) atoms. The lowest BCUT2D eigenvalue weighted by Gasteiger charge is -2.12. The summed E-state index contributed by atoms with van der Waals surface area (Å²) in [5.41, 5.74) is 1.82. The molecule has 1 heterocycles. The van der Waals surface area contributed by atoms with Crippen LogP contribution in [0.4, 0.5) is 5.69 Å². The van der Waals surface area contributed by atoms with E-state index in [9.17, 15) is 9.59 Å². The molecular weight excluding hydrogens is 390 g/mol. The molecule has 2 rings (SSSR count). The largest absolute Gasteiger partial charge is 0.465 e. The quantitative estimate of drug-likeness (QED) is 0.389. The van der Waals surface area contributed by atoms with E-state index < -0.39 is 0 Å². The SMILES string of the molecule is CCC(CC)COC(=O)CCC(=O)NCCCNc1ccnc2cc(Cl)ccc12. The van der Waals surface area contributed by atoms with E-state index in [4.69, 9.17) is 16.3 Å². The molecule has 0 saturated heterocycles. The average Bonchev–Trinajstić information content (AvgIpc) is 2.72. The van der Waals surface area contributed by atoms with E-state index in [1.54, 1.807) is 6.20 Å². The monoisotopic (exact) mass is 419 g/mol. The van der Waals surface area contributed by atoms with Gasteiger partial charge in [0.25, 0.3) is 0 Å². The zero-order valence-electron chi connectivity index (χ0n) is 17.2. The van der Waals surface area contributed by atoms with Crippen LogP contribution in [0.5, 0.6) is 0 Å². The van der Waals surface area contributed by atoms with Crippen molar-refractivity contribution in [1.29, 1.82) is 0 Å². The standard InChI is InChI=1S/C22H30ClN3O3/c1-3-16(4-2)15-29-22(28)9-8-21(27)26-12-5-11-24-19-10-13-25-20-14-17(23)6-7-18(19)20/h6-7,10,13-14,16H,3-5,8-9,11-12,15H2,1-2H3,(H,24,25)(H,26,27). The van der Waals surface area contributed by atoms with E-state index in [1.807, 2.05) is 24.3 Å². The summed E-state index contributed by atoms with van der Waals surface area (Å²) in [6, 6.07) is 7.53. The highest BCUT2D eigenvalue weighted by Gasteiger charge is 2.10. The fourth-order valence-electron chi connectivity index (χ4n) is 2.93. The smallest absolute Gasteiger partial charge is 0.306 e. The minimum atomic E-state index is -0.307. The van der Waals surface area contributed by atoms with Crippen molar-refractivity contribution in [1.82, 2.24) is 10.3 Å². The molecule has 0 spiro atoms. The summed E-state index contributed by atoms with van der Waals surface area (Å²) in [4.78, 5) is 27.9. The van der Waals surface area contributed by atoms with Crippen molar-refractivity contribution in [2.75, 3.05) is 25.0 Å². The van der Waals surface area contributed by atoms with Gasteiger partial charge in [-0.25, -0.2) is 0 Å². The van der Waals surface area contributed by atoms with Crippen molar-refractivity contribution in [3.8, 4) is 0 Å². The topological polar surface area (TPSA) is 80.3 Å². The molecule has 158 valence electrons. The Morgan fingerprint density at radius 1 is 1.14 bits per heavy atom. The van der Waals surface area contributed by atoms with E-state index in [1.165, 1.54) is 0 Å². The first kappa shape index (κ1) is 22.9. The van der Waals surface area contributed by atoms with Crippen LogP contribution in [-0.2, 0) is 14.3 Å². The highest BCUT2D eigenvalue weighted by Crippen LogP contribution is 2.24. The van der Waals surface area contributed by atoms with Gasteiger partial charge in [-0.2, -0.15) is 0 Å². The first-order valence-electron chi connectivity index (χ1n) is 10.2. The second-order valence-electron chi connectivity index (χ2n) is 7.02. The van der Waals surface area contributed by atoms with Gasteiger partial charge in [-0.1, -0.05) is 38.3 Å². The Balaban J connectivity index is 1.62. The van der Waals surface area contributed by atoms with Crippen LogP contribution in [-0.4, -0.2) is 36.6 Å². The van der Waals surface area contributed by atoms with Gasteiger partial charge in [-0.3, -0.25) is 14.6 Å². The fourth-order valence-corrected chi connectivity index (χ4v) is 3.09. The summed E-state index contributed by atoms with van der Waals surface area (Å²) in [7, 11) is 0. The third-order valence-electron chi connectivity index (χ3n) is 4.89. The number of aromatic nitrogens is 1. The van der Waals surface area contributed by atoms with Crippen LogP contribution >= 0.6 is 11.6 Å². The molecule has 0 saturated carbocycles. The molecule has 0 aliphatic rings. The first-order valence-corrected chi connectivity index (χ1v) is 10.6. The van der Waals surface area contributed by atoms with E-state index in [0.717, 1.165) is 35.9 Å². The fraction of sp³-hybridized carbons (Fsp3) is 0.500. The Kier molecular flexibility index (Phi) is 9.71. The first-order chi connectivity index (χ1) is 14.0. The van der Waals surface area contributed by atoms with E-state index in [0.29, 0.717) is 30.6 Å². The van der Waals surface area contributed by atoms with Gasteiger partial charge in [0.1, 0.15) is 0 Å².